The molecule has 142 valence electrons. The van der Waals surface area contributed by atoms with E-state index in [2.05, 4.69) is 15.4 Å². The minimum Gasteiger partial charge on any atom is -0.350 e. The highest BCUT2D eigenvalue weighted by Crippen LogP contribution is 2.22. The second kappa shape index (κ2) is 6.53. The number of amides is 1. The topological polar surface area (TPSA) is 113 Å². The van der Waals surface area contributed by atoms with E-state index in [1.165, 1.54) is 10.6 Å². The van der Waals surface area contributed by atoms with Gasteiger partial charge in [0.1, 0.15) is 0 Å². The van der Waals surface area contributed by atoms with Gasteiger partial charge in [-0.25, -0.2) is 17.9 Å². The molecule has 0 spiro atoms. The molecule has 2 N–H and O–H groups in total. The van der Waals surface area contributed by atoms with Crippen molar-refractivity contribution >= 4 is 21.4 Å². The maximum atomic E-state index is 12.2. The molecule has 1 aliphatic heterocycles. The van der Waals surface area contributed by atoms with Gasteiger partial charge in [0.2, 0.25) is 5.91 Å². The summed E-state index contributed by atoms with van der Waals surface area (Å²) in [6, 6.07) is 3.21. The van der Waals surface area contributed by atoms with E-state index in [1.54, 1.807) is 0 Å². The minimum absolute atomic E-state index is 0.0743. The summed E-state index contributed by atoms with van der Waals surface area (Å²) in [4.78, 5) is 28.7. The van der Waals surface area contributed by atoms with Crippen LogP contribution in [0.3, 0.4) is 0 Å². The number of nitrogens with one attached hydrogen (secondary N) is 2. The van der Waals surface area contributed by atoms with Crippen LogP contribution in [0.25, 0.3) is 5.65 Å². The summed E-state index contributed by atoms with van der Waals surface area (Å²) in [5.41, 5.74) is 1.49. The third-order valence-electron chi connectivity index (χ3n) is 4.58. The van der Waals surface area contributed by atoms with Gasteiger partial charge in [-0.2, -0.15) is 0 Å². The maximum absolute atomic E-state index is 12.2. The number of aromatic nitrogens is 3. The van der Waals surface area contributed by atoms with Crippen LogP contribution >= 0.6 is 0 Å². The number of carbonyl (C=O) groups is 1. The molecule has 0 bridgehead atoms. The summed E-state index contributed by atoms with van der Waals surface area (Å²) < 4.78 is 24.3. The fourth-order valence-electron chi connectivity index (χ4n) is 3.07. The lowest BCUT2D eigenvalue weighted by molar-refractivity contribution is -0.122. The van der Waals surface area contributed by atoms with Gasteiger partial charge in [0.25, 0.3) is 5.56 Å². The molecule has 3 rings (SSSR count). The number of hydrogen-bond acceptors (Lipinski definition) is 5. The molecule has 26 heavy (non-hydrogen) atoms. The first-order valence-corrected chi connectivity index (χ1v) is 10.4. The Balaban J connectivity index is 1.67. The quantitative estimate of drug-likeness (QED) is 0.813. The van der Waals surface area contributed by atoms with Crippen LogP contribution in [0.1, 0.15) is 45.0 Å². The van der Waals surface area contributed by atoms with Crippen molar-refractivity contribution in [1.82, 2.24) is 19.9 Å². The van der Waals surface area contributed by atoms with Crippen LogP contribution in [-0.2, 0) is 26.6 Å². The normalized spacial score (nSPS) is 19.7. The highest BCUT2D eigenvalue weighted by atomic mass is 32.2. The first kappa shape index (κ1) is 18.6. The predicted molar refractivity (Wildman–Crippen MR) is 97.7 cm³/mol. The third kappa shape index (κ3) is 4.14. The number of sulfone groups is 1. The second-order valence-corrected chi connectivity index (χ2v) is 10.2. The van der Waals surface area contributed by atoms with E-state index in [0.29, 0.717) is 17.8 Å². The summed E-state index contributed by atoms with van der Waals surface area (Å²) in [5.74, 6) is -0.118. The van der Waals surface area contributed by atoms with E-state index in [9.17, 15) is 18.0 Å². The first-order valence-electron chi connectivity index (χ1n) is 8.63. The van der Waals surface area contributed by atoms with Crippen molar-refractivity contribution < 1.29 is 13.2 Å². The average Bonchev–Trinajstić information content (AvgIpc) is 3.08. The Bertz CT molecular complexity index is 998. The van der Waals surface area contributed by atoms with Crippen LogP contribution < -0.4 is 10.9 Å². The molecule has 1 fully saturated rings. The number of aromatic amines is 1. The largest absolute Gasteiger partial charge is 0.350 e. The molecule has 2 aromatic heterocycles. The Morgan fingerprint density at radius 1 is 1.38 bits per heavy atom. The number of nitrogens with zero attached hydrogens (tertiary/aromatic N) is 2. The van der Waals surface area contributed by atoms with Crippen molar-refractivity contribution in [2.24, 2.45) is 5.92 Å². The van der Waals surface area contributed by atoms with E-state index in [4.69, 9.17) is 0 Å². The lowest BCUT2D eigenvalue weighted by Crippen LogP contribution is -2.27. The minimum atomic E-state index is -2.99. The number of fused-ring (bicyclic) bond motifs is 1. The molecular weight excluding hydrogens is 356 g/mol. The molecule has 1 saturated heterocycles. The van der Waals surface area contributed by atoms with Crippen molar-refractivity contribution in [3.05, 3.63) is 33.9 Å². The molecule has 1 aliphatic rings. The highest BCUT2D eigenvalue weighted by molar-refractivity contribution is 7.91. The van der Waals surface area contributed by atoms with Gasteiger partial charge in [-0.05, 0) is 12.3 Å². The van der Waals surface area contributed by atoms with E-state index >= 15 is 0 Å². The molecule has 1 atom stereocenters. The van der Waals surface area contributed by atoms with E-state index in [1.807, 2.05) is 26.8 Å². The first-order chi connectivity index (χ1) is 12.0. The Morgan fingerprint density at radius 3 is 2.73 bits per heavy atom. The van der Waals surface area contributed by atoms with Crippen LogP contribution in [-0.4, -0.2) is 40.4 Å². The summed E-state index contributed by atoms with van der Waals surface area (Å²) >= 11 is 0. The van der Waals surface area contributed by atoms with Gasteiger partial charge >= 0.3 is 0 Å². The second-order valence-electron chi connectivity index (χ2n) is 7.95. The van der Waals surface area contributed by atoms with E-state index in [-0.39, 0.29) is 47.3 Å². The fraction of sp³-hybridized carbons (Fsp3) is 0.588. The number of rotatable bonds is 4. The maximum Gasteiger partial charge on any atom is 0.272 e. The van der Waals surface area contributed by atoms with Crippen molar-refractivity contribution in [2.45, 2.75) is 45.6 Å². The van der Waals surface area contributed by atoms with Crippen LogP contribution in [0.4, 0.5) is 0 Å². The Kier molecular flexibility index (Phi) is 4.68. The standard InChI is InChI=1S/C17H24N4O4S/c1-17(2,3)13-8-14-19-12(7-16(23)21(14)20-13)9-18-15(22)6-11-4-5-26(24,25)10-11/h7-8,11,20H,4-6,9-10H2,1-3H3,(H,18,22). The van der Waals surface area contributed by atoms with Crippen LogP contribution in [0.15, 0.2) is 16.9 Å². The Labute approximate surface area is 151 Å². The van der Waals surface area contributed by atoms with Gasteiger partial charge in [0, 0.05) is 29.7 Å². The van der Waals surface area contributed by atoms with Gasteiger partial charge < -0.3 is 5.32 Å². The molecule has 1 amide bonds. The number of hydrogen-bond donors (Lipinski definition) is 2. The zero-order valence-electron chi connectivity index (χ0n) is 15.2. The van der Waals surface area contributed by atoms with Crippen molar-refractivity contribution in [3.63, 3.8) is 0 Å². The monoisotopic (exact) mass is 380 g/mol. The molecule has 0 radical (unpaired) electrons. The summed E-state index contributed by atoms with van der Waals surface area (Å²) in [6.07, 6.45) is 0.707. The lowest BCUT2D eigenvalue weighted by atomic mass is 9.93. The van der Waals surface area contributed by atoms with Gasteiger partial charge in [0.15, 0.2) is 15.5 Å². The molecular formula is C17H24N4O4S. The zero-order chi connectivity index (χ0) is 19.1. The predicted octanol–water partition coefficient (Wildman–Crippen LogP) is 0.761. The van der Waals surface area contributed by atoms with Gasteiger partial charge in [-0.15, -0.1) is 0 Å². The molecule has 8 nitrogen and oxygen atoms in total. The number of H-pyrrole nitrogens is 1. The zero-order valence-corrected chi connectivity index (χ0v) is 16.0. The molecule has 0 aliphatic carbocycles. The third-order valence-corrected chi connectivity index (χ3v) is 6.42. The molecule has 0 aromatic carbocycles. The fourth-order valence-corrected chi connectivity index (χ4v) is 4.93. The van der Waals surface area contributed by atoms with Crippen molar-refractivity contribution in [1.29, 1.82) is 0 Å². The van der Waals surface area contributed by atoms with Crippen molar-refractivity contribution in [2.75, 3.05) is 11.5 Å². The average molecular weight is 380 g/mol. The van der Waals surface area contributed by atoms with E-state index in [0.717, 1.165) is 5.69 Å². The molecule has 0 saturated carbocycles. The van der Waals surface area contributed by atoms with Crippen LogP contribution in [0, 0.1) is 5.92 Å². The molecule has 1 unspecified atom stereocenters. The van der Waals surface area contributed by atoms with Crippen LogP contribution in [0.5, 0.6) is 0 Å². The Hall–Kier alpha value is -2.16. The molecule has 9 heteroatoms. The van der Waals surface area contributed by atoms with E-state index < -0.39 is 9.84 Å². The summed E-state index contributed by atoms with van der Waals surface area (Å²) in [6.45, 7) is 6.24. The number of carbonyl (C=O) groups excluding carboxylic acids is 1. The van der Waals surface area contributed by atoms with Crippen LogP contribution in [0.2, 0.25) is 0 Å². The SMILES string of the molecule is CC(C)(C)c1cc2nc(CNC(=O)CC3CCS(=O)(=O)C3)cc(=O)n2[nH]1. The molecule has 2 aromatic rings. The Morgan fingerprint density at radius 2 is 2.12 bits per heavy atom. The molecule has 3 heterocycles. The lowest BCUT2D eigenvalue weighted by Gasteiger charge is -2.14. The highest BCUT2D eigenvalue weighted by Gasteiger charge is 2.29. The summed E-state index contributed by atoms with van der Waals surface area (Å²) in [7, 11) is -2.99. The van der Waals surface area contributed by atoms with Gasteiger partial charge in [-0.3, -0.25) is 14.7 Å². The van der Waals surface area contributed by atoms with Gasteiger partial charge in [-0.1, -0.05) is 20.8 Å². The summed E-state index contributed by atoms with van der Waals surface area (Å²) in [5, 5.41) is 5.78. The van der Waals surface area contributed by atoms with Gasteiger partial charge in [0.05, 0.1) is 23.7 Å². The smallest absolute Gasteiger partial charge is 0.272 e. The van der Waals surface area contributed by atoms with Crippen molar-refractivity contribution in [3.8, 4) is 0 Å².